The van der Waals surface area contributed by atoms with Crippen molar-refractivity contribution >= 4 is 21.7 Å². The van der Waals surface area contributed by atoms with Gasteiger partial charge in [0.2, 0.25) is 0 Å². The van der Waals surface area contributed by atoms with Gasteiger partial charge in [0.25, 0.3) is 10.0 Å². The molecule has 1 aromatic carbocycles. The minimum atomic E-state index is -4.05. The number of sulfonamides is 1. The van der Waals surface area contributed by atoms with Gasteiger partial charge in [0.05, 0.1) is 11.9 Å². The molecule has 2 N–H and O–H groups in total. The molecular weight excluding hydrogens is 289 g/mol. The standard InChI is InChI=1S/C11H10FN3O4S/c1-15-9(5-6-13-15)20(18,19)14-8-4-2-3-7(12)10(8)11(16)17/h2-6,14H,1H3,(H,16,17). The van der Waals surface area contributed by atoms with Crippen LogP contribution in [0.25, 0.3) is 0 Å². The number of nitrogens with one attached hydrogen (secondary N) is 1. The zero-order valence-electron chi connectivity index (χ0n) is 10.2. The summed E-state index contributed by atoms with van der Waals surface area (Å²) in [5.41, 5.74) is -1.09. The van der Waals surface area contributed by atoms with Gasteiger partial charge in [-0.1, -0.05) is 6.07 Å². The van der Waals surface area contributed by atoms with Crippen molar-refractivity contribution in [3.05, 3.63) is 41.8 Å². The molecule has 0 aliphatic carbocycles. The Hall–Kier alpha value is -2.42. The van der Waals surface area contributed by atoms with Crippen molar-refractivity contribution in [2.75, 3.05) is 4.72 Å². The predicted octanol–water partition coefficient (Wildman–Crippen LogP) is 1.06. The summed E-state index contributed by atoms with van der Waals surface area (Å²) >= 11 is 0. The van der Waals surface area contributed by atoms with Crippen molar-refractivity contribution in [3.63, 3.8) is 0 Å². The molecule has 9 heteroatoms. The van der Waals surface area contributed by atoms with Gasteiger partial charge in [-0.25, -0.2) is 9.18 Å². The molecule has 7 nitrogen and oxygen atoms in total. The summed E-state index contributed by atoms with van der Waals surface area (Å²) in [7, 11) is -2.64. The molecule has 0 fully saturated rings. The maximum Gasteiger partial charge on any atom is 0.340 e. The van der Waals surface area contributed by atoms with E-state index in [1.54, 1.807) is 0 Å². The highest BCUT2D eigenvalue weighted by Crippen LogP contribution is 2.22. The van der Waals surface area contributed by atoms with Crippen LogP contribution in [-0.2, 0) is 17.1 Å². The van der Waals surface area contributed by atoms with E-state index in [0.717, 1.165) is 10.7 Å². The summed E-state index contributed by atoms with van der Waals surface area (Å²) in [6.45, 7) is 0. The third-order valence-electron chi connectivity index (χ3n) is 2.52. The van der Waals surface area contributed by atoms with Crippen molar-refractivity contribution in [2.45, 2.75) is 5.03 Å². The Balaban J connectivity index is 2.48. The SMILES string of the molecule is Cn1nccc1S(=O)(=O)Nc1cccc(F)c1C(=O)O. The number of aryl methyl sites for hydroxylation is 1. The molecule has 0 aliphatic heterocycles. The number of aromatic nitrogens is 2. The lowest BCUT2D eigenvalue weighted by Crippen LogP contribution is -2.19. The molecule has 1 aromatic heterocycles. The van der Waals surface area contributed by atoms with E-state index in [9.17, 15) is 17.6 Å². The lowest BCUT2D eigenvalue weighted by molar-refractivity contribution is 0.0693. The van der Waals surface area contributed by atoms with Crippen LogP contribution >= 0.6 is 0 Å². The number of rotatable bonds is 4. The van der Waals surface area contributed by atoms with Gasteiger partial charge in [-0.3, -0.25) is 9.40 Å². The maximum absolute atomic E-state index is 13.5. The third-order valence-corrected chi connectivity index (χ3v) is 3.96. The van der Waals surface area contributed by atoms with Gasteiger partial charge >= 0.3 is 5.97 Å². The monoisotopic (exact) mass is 299 g/mol. The van der Waals surface area contributed by atoms with Gasteiger partial charge in [-0.15, -0.1) is 0 Å². The minimum absolute atomic E-state index is 0.168. The van der Waals surface area contributed by atoms with Crippen molar-refractivity contribution in [3.8, 4) is 0 Å². The van der Waals surface area contributed by atoms with Crippen LogP contribution < -0.4 is 4.72 Å². The van der Waals surface area contributed by atoms with Gasteiger partial charge in [-0.2, -0.15) is 13.5 Å². The Labute approximate surface area is 113 Å². The van der Waals surface area contributed by atoms with E-state index in [4.69, 9.17) is 5.11 Å². The highest BCUT2D eigenvalue weighted by atomic mass is 32.2. The number of nitrogens with zero attached hydrogens (tertiary/aromatic N) is 2. The second kappa shape index (κ2) is 4.93. The first-order valence-corrected chi connectivity index (χ1v) is 6.84. The molecule has 0 saturated carbocycles. The largest absolute Gasteiger partial charge is 0.478 e. The lowest BCUT2D eigenvalue weighted by Gasteiger charge is -2.10. The molecule has 1 heterocycles. The normalized spacial score (nSPS) is 11.3. The van der Waals surface area contributed by atoms with Crippen LogP contribution in [0.3, 0.4) is 0 Å². The van der Waals surface area contributed by atoms with E-state index in [-0.39, 0.29) is 10.7 Å². The van der Waals surface area contributed by atoms with Gasteiger partial charge in [0.1, 0.15) is 11.4 Å². The van der Waals surface area contributed by atoms with Crippen LogP contribution in [0.5, 0.6) is 0 Å². The summed E-state index contributed by atoms with van der Waals surface area (Å²) in [6, 6.07) is 4.55. The van der Waals surface area contributed by atoms with Crippen molar-refractivity contribution in [1.82, 2.24) is 9.78 Å². The first kappa shape index (κ1) is 14.0. The summed E-state index contributed by atoms with van der Waals surface area (Å²) in [5.74, 6) is -2.59. The van der Waals surface area contributed by atoms with Crippen molar-refractivity contribution in [1.29, 1.82) is 0 Å². The van der Waals surface area contributed by atoms with E-state index >= 15 is 0 Å². The van der Waals surface area contributed by atoms with Crippen LogP contribution in [0, 0.1) is 5.82 Å². The number of carboxylic acid groups (broad SMARTS) is 1. The molecule has 0 saturated heterocycles. The average molecular weight is 299 g/mol. The molecule has 106 valence electrons. The van der Waals surface area contributed by atoms with Gasteiger partial charge in [-0.05, 0) is 18.2 Å². The second-order valence-electron chi connectivity index (χ2n) is 3.87. The summed E-state index contributed by atoms with van der Waals surface area (Å²) in [4.78, 5) is 11.0. The van der Waals surface area contributed by atoms with Gasteiger partial charge in [0, 0.05) is 7.05 Å². The fourth-order valence-electron chi connectivity index (χ4n) is 1.65. The second-order valence-corrected chi connectivity index (χ2v) is 5.50. The fraction of sp³-hybridized carbons (Fsp3) is 0.0909. The number of halogens is 1. The van der Waals surface area contributed by atoms with E-state index in [0.29, 0.717) is 0 Å². The lowest BCUT2D eigenvalue weighted by atomic mass is 10.2. The Kier molecular flexibility index (Phi) is 3.45. The number of carboxylic acids is 1. The average Bonchev–Trinajstić information content (AvgIpc) is 2.75. The molecule has 0 bridgehead atoms. The Morgan fingerprint density at radius 3 is 2.65 bits per heavy atom. The highest BCUT2D eigenvalue weighted by molar-refractivity contribution is 7.92. The summed E-state index contributed by atoms with van der Waals surface area (Å²) in [5, 5.41) is 12.5. The number of anilines is 1. The smallest absolute Gasteiger partial charge is 0.340 e. The fourth-order valence-corrected chi connectivity index (χ4v) is 2.85. The van der Waals surface area contributed by atoms with E-state index in [1.807, 2.05) is 4.72 Å². The topological polar surface area (TPSA) is 101 Å². The molecule has 0 aliphatic rings. The van der Waals surface area contributed by atoms with E-state index < -0.39 is 27.4 Å². The Morgan fingerprint density at radius 1 is 1.40 bits per heavy atom. The quantitative estimate of drug-likeness (QED) is 0.879. The highest BCUT2D eigenvalue weighted by Gasteiger charge is 2.23. The van der Waals surface area contributed by atoms with Crippen LogP contribution in [0.2, 0.25) is 0 Å². The molecule has 2 rings (SSSR count). The molecule has 20 heavy (non-hydrogen) atoms. The first-order chi connectivity index (χ1) is 9.33. The molecule has 0 unspecified atom stereocenters. The van der Waals surface area contributed by atoms with Crippen LogP contribution in [0.4, 0.5) is 10.1 Å². The zero-order valence-corrected chi connectivity index (χ0v) is 11.1. The molecular formula is C11H10FN3O4S. The number of aromatic carboxylic acids is 1. The molecule has 0 atom stereocenters. The van der Waals surface area contributed by atoms with Gasteiger partial charge < -0.3 is 5.11 Å². The van der Waals surface area contributed by atoms with Crippen LogP contribution in [-0.4, -0.2) is 29.3 Å². The molecule has 0 amide bonds. The number of carbonyl (C=O) groups is 1. The van der Waals surface area contributed by atoms with Crippen molar-refractivity contribution < 1.29 is 22.7 Å². The van der Waals surface area contributed by atoms with Crippen LogP contribution in [0.1, 0.15) is 10.4 Å². The number of hydrogen-bond acceptors (Lipinski definition) is 4. The van der Waals surface area contributed by atoms with Gasteiger partial charge in [0.15, 0.2) is 5.03 Å². The number of hydrogen-bond donors (Lipinski definition) is 2. The first-order valence-electron chi connectivity index (χ1n) is 5.35. The molecule has 0 radical (unpaired) electrons. The maximum atomic E-state index is 13.5. The zero-order chi connectivity index (χ0) is 14.9. The molecule has 0 spiro atoms. The Morgan fingerprint density at radius 2 is 2.10 bits per heavy atom. The van der Waals surface area contributed by atoms with Crippen LogP contribution in [0.15, 0.2) is 35.5 Å². The number of benzene rings is 1. The van der Waals surface area contributed by atoms with E-state index in [2.05, 4.69) is 5.10 Å². The minimum Gasteiger partial charge on any atom is -0.478 e. The third kappa shape index (κ3) is 2.48. The summed E-state index contributed by atoms with van der Waals surface area (Å²) < 4.78 is 40.8. The Bertz CT molecular complexity index is 770. The van der Waals surface area contributed by atoms with Crippen molar-refractivity contribution in [2.24, 2.45) is 7.05 Å². The van der Waals surface area contributed by atoms with E-state index in [1.165, 1.54) is 31.4 Å². The predicted molar refractivity (Wildman–Crippen MR) is 67.4 cm³/mol. The summed E-state index contributed by atoms with van der Waals surface area (Å²) in [6.07, 6.45) is 1.28. The molecule has 2 aromatic rings.